The first-order valence-corrected chi connectivity index (χ1v) is 11.8. The summed E-state index contributed by atoms with van der Waals surface area (Å²) >= 11 is 0. The summed E-state index contributed by atoms with van der Waals surface area (Å²) in [5.74, 6) is -1.13. The number of hydrogen-bond donors (Lipinski definition) is 1. The maximum Gasteiger partial charge on any atom is 0.430 e. The number of hydrogen-bond acceptors (Lipinski definition) is 3. The minimum atomic E-state index is -4.95. The topological polar surface area (TPSA) is 58.6 Å². The van der Waals surface area contributed by atoms with E-state index in [-0.39, 0.29) is 30.5 Å². The van der Waals surface area contributed by atoms with E-state index < -0.39 is 23.1 Å². The lowest BCUT2D eigenvalue weighted by atomic mass is 9.62. The molecule has 0 aromatic heterocycles. The van der Waals surface area contributed by atoms with Crippen LogP contribution in [0.3, 0.4) is 0 Å². The molecule has 0 aliphatic carbocycles. The first kappa shape index (κ1) is 25.2. The van der Waals surface area contributed by atoms with Gasteiger partial charge in [-0.25, -0.2) is 0 Å². The summed E-state index contributed by atoms with van der Waals surface area (Å²) in [6, 6.07) is 14.3. The number of alkyl halides is 3. The molecule has 2 aromatic carbocycles. The standard InChI is InChI=1S/C27H31F3N2O3/c1-18-13-19(2)15-21(14-18)26(35-3,27(28,29)30)24(34)32-11-9-25(10-12-32)16-23(33)31-17-22(25)20-7-5-4-6-8-20/h4-8,13-15,22H,9-12,16-17H2,1-3H3,(H,31,33)/t22-,26-/m0/s1. The van der Waals surface area contributed by atoms with Crippen molar-refractivity contribution in [2.24, 2.45) is 5.41 Å². The number of aryl methyl sites for hydroxylation is 2. The maximum atomic E-state index is 14.6. The van der Waals surface area contributed by atoms with Crippen LogP contribution in [0.1, 0.15) is 47.4 Å². The second-order valence-electron chi connectivity index (χ2n) is 9.86. The SMILES string of the molecule is CO[C@](C(=O)N1CCC2(CC1)CC(=O)NC[C@H]2c1ccccc1)(c1cc(C)cc(C)c1)C(F)(F)F. The number of ether oxygens (including phenoxy) is 1. The monoisotopic (exact) mass is 488 g/mol. The first-order chi connectivity index (χ1) is 16.5. The second kappa shape index (κ2) is 9.30. The van der Waals surface area contributed by atoms with Gasteiger partial charge in [-0.05, 0) is 37.7 Å². The number of benzene rings is 2. The van der Waals surface area contributed by atoms with Crippen LogP contribution < -0.4 is 5.32 Å². The van der Waals surface area contributed by atoms with E-state index in [1.54, 1.807) is 19.9 Å². The summed E-state index contributed by atoms with van der Waals surface area (Å²) in [7, 11) is 0.936. The van der Waals surface area contributed by atoms with Crippen LogP contribution in [0.5, 0.6) is 0 Å². The molecule has 2 aliphatic rings. The molecule has 1 N–H and O–H groups in total. The van der Waals surface area contributed by atoms with Crippen molar-refractivity contribution in [3.63, 3.8) is 0 Å². The number of methoxy groups -OCH3 is 1. The first-order valence-electron chi connectivity index (χ1n) is 11.8. The number of nitrogens with zero attached hydrogens (tertiary/aromatic N) is 1. The van der Waals surface area contributed by atoms with E-state index in [4.69, 9.17) is 4.74 Å². The number of nitrogens with one attached hydrogen (secondary N) is 1. The van der Waals surface area contributed by atoms with Crippen molar-refractivity contribution in [1.29, 1.82) is 0 Å². The van der Waals surface area contributed by atoms with Gasteiger partial charge in [0.15, 0.2) is 0 Å². The Morgan fingerprint density at radius 1 is 1.06 bits per heavy atom. The molecule has 2 aromatic rings. The van der Waals surface area contributed by atoms with Crippen LogP contribution in [0.2, 0.25) is 0 Å². The highest BCUT2D eigenvalue weighted by Crippen LogP contribution is 2.50. The number of amides is 2. The predicted molar refractivity (Wildman–Crippen MR) is 126 cm³/mol. The normalized spacial score (nSPS) is 21.9. The summed E-state index contributed by atoms with van der Waals surface area (Å²) < 4.78 is 48.8. The number of rotatable bonds is 4. The molecule has 2 aliphatic heterocycles. The van der Waals surface area contributed by atoms with Crippen molar-refractivity contribution in [2.75, 3.05) is 26.7 Å². The lowest BCUT2D eigenvalue weighted by Crippen LogP contribution is -2.60. The van der Waals surface area contributed by atoms with Gasteiger partial charge in [-0.2, -0.15) is 13.2 Å². The molecule has 4 rings (SSSR count). The molecule has 0 radical (unpaired) electrons. The van der Waals surface area contributed by atoms with E-state index in [0.717, 1.165) is 12.7 Å². The van der Waals surface area contributed by atoms with Crippen LogP contribution in [0.4, 0.5) is 13.2 Å². The van der Waals surface area contributed by atoms with Crippen LogP contribution in [0, 0.1) is 19.3 Å². The Labute approximate surface area is 203 Å². The van der Waals surface area contributed by atoms with Gasteiger partial charge in [0.25, 0.3) is 11.5 Å². The van der Waals surface area contributed by atoms with Crippen molar-refractivity contribution in [3.05, 3.63) is 70.8 Å². The molecule has 2 amide bonds. The average Bonchev–Trinajstić information content (AvgIpc) is 2.79. The zero-order valence-corrected chi connectivity index (χ0v) is 20.2. The van der Waals surface area contributed by atoms with Crippen LogP contribution in [-0.2, 0) is 19.9 Å². The molecule has 1 spiro atoms. The lowest BCUT2D eigenvalue weighted by molar-refractivity contribution is -0.271. The zero-order valence-electron chi connectivity index (χ0n) is 20.2. The molecule has 0 unspecified atom stereocenters. The number of halogens is 3. The summed E-state index contributed by atoms with van der Waals surface area (Å²) in [5, 5.41) is 2.93. The molecule has 5 nitrogen and oxygen atoms in total. The van der Waals surface area contributed by atoms with Crippen molar-refractivity contribution in [3.8, 4) is 0 Å². The second-order valence-corrected chi connectivity index (χ2v) is 9.86. The van der Waals surface area contributed by atoms with Gasteiger partial charge in [0.05, 0.1) is 0 Å². The third kappa shape index (κ3) is 4.44. The minimum absolute atomic E-state index is 0.0351. The summed E-state index contributed by atoms with van der Waals surface area (Å²) in [6.07, 6.45) is -3.78. The van der Waals surface area contributed by atoms with E-state index in [0.29, 0.717) is 36.9 Å². The van der Waals surface area contributed by atoms with Gasteiger partial charge in [0.1, 0.15) is 0 Å². The van der Waals surface area contributed by atoms with Gasteiger partial charge in [-0.3, -0.25) is 9.59 Å². The van der Waals surface area contributed by atoms with Gasteiger partial charge in [0.2, 0.25) is 5.91 Å². The van der Waals surface area contributed by atoms with Crippen molar-refractivity contribution in [1.82, 2.24) is 10.2 Å². The Morgan fingerprint density at radius 2 is 1.66 bits per heavy atom. The molecular formula is C27H31F3N2O3. The number of carbonyl (C=O) groups is 2. The molecule has 0 bridgehead atoms. The highest BCUT2D eigenvalue weighted by molar-refractivity contribution is 5.88. The Morgan fingerprint density at radius 3 is 2.20 bits per heavy atom. The average molecular weight is 489 g/mol. The fourth-order valence-electron chi connectivity index (χ4n) is 5.90. The van der Waals surface area contributed by atoms with Crippen LogP contribution in [-0.4, -0.2) is 49.6 Å². The molecule has 2 heterocycles. The lowest BCUT2D eigenvalue weighted by Gasteiger charge is -2.50. The molecule has 35 heavy (non-hydrogen) atoms. The fraction of sp³-hybridized carbons (Fsp3) is 0.481. The van der Waals surface area contributed by atoms with Crippen LogP contribution >= 0.6 is 0 Å². The van der Waals surface area contributed by atoms with Gasteiger partial charge in [0, 0.05) is 44.6 Å². The summed E-state index contributed by atoms with van der Waals surface area (Å²) in [6.45, 7) is 4.12. The fourth-order valence-corrected chi connectivity index (χ4v) is 5.90. The number of carbonyl (C=O) groups excluding carboxylic acids is 2. The van der Waals surface area contributed by atoms with E-state index in [1.165, 1.54) is 17.0 Å². The summed E-state index contributed by atoms with van der Waals surface area (Å²) in [4.78, 5) is 27.2. The Kier molecular flexibility index (Phi) is 6.70. The third-order valence-electron chi connectivity index (χ3n) is 7.64. The molecule has 8 heteroatoms. The van der Waals surface area contributed by atoms with Crippen molar-refractivity contribution < 1.29 is 27.5 Å². The van der Waals surface area contributed by atoms with Crippen molar-refractivity contribution in [2.45, 2.75) is 50.8 Å². The molecule has 0 saturated carbocycles. The third-order valence-corrected chi connectivity index (χ3v) is 7.64. The zero-order chi connectivity index (χ0) is 25.4. The number of likely N-dealkylation sites (tertiary alicyclic amines) is 1. The van der Waals surface area contributed by atoms with E-state index >= 15 is 0 Å². The largest absolute Gasteiger partial charge is 0.430 e. The molecule has 188 valence electrons. The van der Waals surface area contributed by atoms with Gasteiger partial charge < -0.3 is 15.0 Å². The Balaban J connectivity index is 1.65. The van der Waals surface area contributed by atoms with E-state index in [2.05, 4.69) is 5.32 Å². The highest BCUT2D eigenvalue weighted by atomic mass is 19.4. The summed E-state index contributed by atoms with van der Waals surface area (Å²) in [5.41, 5.74) is -1.38. The van der Waals surface area contributed by atoms with Gasteiger partial charge in [-0.15, -0.1) is 0 Å². The quantitative estimate of drug-likeness (QED) is 0.683. The highest BCUT2D eigenvalue weighted by Gasteiger charge is 2.64. The van der Waals surface area contributed by atoms with Crippen molar-refractivity contribution >= 4 is 11.8 Å². The van der Waals surface area contributed by atoms with Gasteiger partial charge >= 0.3 is 6.18 Å². The molecular weight excluding hydrogens is 457 g/mol. The van der Waals surface area contributed by atoms with E-state index in [1.807, 2.05) is 30.3 Å². The maximum absolute atomic E-state index is 14.6. The van der Waals surface area contributed by atoms with E-state index in [9.17, 15) is 22.8 Å². The smallest absolute Gasteiger partial charge is 0.356 e. The molecule has 2 fully saturated rings. The minimum Gasteiger partial charge on any atom is -0.356 e. The predicted octanol–water partition coefficient (Wildman–Crippen LogP) is 4.62. The molecule has 2 saturated heterocycles. The number of piperidine rings is 2. The van der Waals surface area contributed by atoms with Crippen LogP contribution in [0.25, 0.3) is 0 Å². The Hall–Kier alpha value is -2.87. The Bertz CT molecular complexity index is 1070. The molecule has 2 atom stereocenters. The van der Waals surface area contributed by atoms with Crippen LogP contribution in [0.15, 0.2) is 48.5 Å². The van der Waals surface area contributed by atoms with Gasteiger partial charge in [-0.1, -0.05) is 59.7 Å².